The van der Waals surface area contributed by atoms with Crippen molar-refractivity contribution in [1.82, 2.24) is 0 Å². The molecule has 0 radical (unpaired) electrons. The van der Waals surface area contributed by atoms with Crippen molar-refractivity contribution >= 4 is 11.9 Å². The maximum absolute atomic E-state index is 11.2. The molecular weight excluding hydrogens is 268 g/mol. The second-order valence-corrected chi connectivity index (χ2v) is 4.24. The lowest BCUT2D eigenvalue weighted by Crippen LogP contribution is -2.40. The van der Waals surface area contributed by atoms with Gasteiger partial charge in [-0.05, 0) is 0 Å². The Morgan fingerprint density at radius 3 is 2.45 bits per heavy atom. The standard InChI is InChI=1S/C13H20O7/c1-5-6-17-11-10(7-18-8(2)14)20-13(16-4)12(11)19-9(3)15/h5,10-13H,1,6-7H2,2-4H3/t10-,11-,12+,13+/m0/s1. The van der Waals surface area contributed by atoms with Gasteiger partial charge in [0.1, 0.15) is 18.8 Å². The number of ether oxygens (including phenoxy) is 5. The topological polar surface area (TPSA) is 80.3 Å². The first kappa shape index (κ1) is 16.6. The molecule has 20 heavy (non-hydrogen) atoms. The molecule has 1 saturated heterocycles. The van der Waals surface area contributed by atoms with E-state index in [0.29, 0.717) is 0 Å². The fraction of sp³-hybridized carbons (Fsp3) is 0.692. The van der Waals surface area contributed by atoms with Crippen LogP contribution >= 0.6 is 0 Å². The molecule has 0 aromatic rings. The van der Waals surface area contributed by atoms with E-state index in [1.165, 1.54) is 21.0 Å². The van der Waals surface area contributed by atoms with Crippen LogP contribution < -0.4 is 0 Å². The van der Waals surface area contributed by atoms with Crippen LogP contribution in [0.1, 0.15) is 13.8 Å². The van der Waals surface area contributed by atoms with Gasteiger partial charge >= 0.3 is 11.9 Å². The van der Waals surface area contributed by atoms with Crippen LogP contribution in [0.5, 0.6) is 0 Å². The number of hydrogen-bond acceptors (Lipinski definition) is 7. The van der Waals surface area contributed by atoms with Gasteiger partial charge in [0.25, 0.3) is 0 Å². The van der Waals surface area contributed by atoms with Crippen molar-refractivity contribution in [2.75, 3.05) is 20.3 Å². The van der Waals surface area contributed by atoms with E-state index in [-0.39, 0.29) is 13.2 Å². The molecule has 0 N–H and O–H groups in total. The Morgan fingerprint density at radius 1 is 1.25 bits per heavy atom. The highest BCUT2D eigenvalue weighted by Gasteiger charge is 2.48. The van der Waals surface area contributed by atoms with Crippen LogP contribution in [0.25, 0.3) is 0 Å². The Labute approximate surface area is 117 Å². The van der Waals surface area contributed by atoms with E-state index in [2.05, 4.69) is 6.58 Å². The number of hydrogen-bond donors (Lipinski definition) is 0. The third kappa shape index (κ3) is 4.59. The Kier molecular flexibility index (Phi) is 6.63. The van der Waals surface area contributed by atoms with E-state index >= 15 is 0 Å². The van der Waals surface area contributed by atoms with E-state index in [1.54, 1.807) is 6.08 Å². The highest BCUT2D eigenvalue weighted by atomic mass is 16.7. The van der Waals surface area contributed by atoms with Crippen LogP contribution in [0, 0.1) is 0 Å². The summed E-state index contributed by atoms with van der Waals surface area (Å²) in [5, 5.41) is 0. The lowest BCUT2D eigenvalue weighted by atomic mass is 10.1. The molecule has 4 atom stereocenters. The Balaban J connectivity index is 2.78. The first-order valence-corrected chi connectivity index (χ1v) is 6.21. The minimum absolute atomic E-state index is 0.00519. The summed E-state index contributed by atoms with van der Waals surface area (Å²) < 4.78 is 26.3. The zero-order valence-corrected chi connectivity index (χ0v) is 11.9. The SMILES string of the molecule is C=CCO[C@@H]1[C@@H](OC(C)=O)[C@H](OC)O[C@H]1COC(C)=O. The predicted molar refractivity (Wildman–Crippen MR) is 67.8 cm³/mol. The van der Waals surface area contributed by atoms with Crippen molar-refractivity contribution in [3.63, 3.8) is 0 Å². The van der Waals surface area contributed by atoms with Gasteiger partial charge in [-0.3, -0.25) is 9.59 Å². The monoisotopic (exact) mass is 288 g/mol. The molecule has 7 nitrogen and oxygen atoms in total. The highest BCUT2D eigenvalue weighted by molar-refractivity contribution is 5.66. The third-order valence-corrected chi connectivity index (χ3v) is 2.66. The fourth-order valence-corrected chi connectivity index (χ4v) is 1.91. The fourth-order valence-electron chi connectivity index (χ4n) is 1.91. The average Bonchev–Trinajstić information content (AvgIpc) is 2.70. The van der Waals surface area contributed by atoms with Gasteiger partial charge in [0.15, 0.2) is 12.4 Å². The smallest absolute Gasteiger partial charge is 0.303 e. The molecule has 1 fully saturated rings. The summed E-state index contributed by atoms with van der Waals surface area (Å²) in [6, 6.07) is 0. The van der Waals surface area contributed by atoms with E-state index < -0.39 is 36.5 Å². The molecule has 0 saturated carbocycles. The van der Waals surface area contributed by atoms with Gasteiger partial charge in [-0.1, -0.05) is 6.08 Å². The first-order chi connectivity index (χ1) is 9.49. The number of methoxy groups -OCH3 is 1. The molecule has 0 bridgehead atoms. The second kappa shape index (κ2) is 7.98. The largest absolute Gasteiger partial charge is 0.463 e. The van der Waals surface area contributed by atoms with Gasteiger partial charge < -0.3 is 23.7 Å². The molecule has 1 rings (SSSR count). The number of carbonyl (C=O) groups is 2. The summed E-state index contributed by atoms with van der Waals surface area (Å²) in [5.74, 6) is -0.901. The Bertz CT molecular complexity index is 355. The zero-order chi connectivity index (χ0) is 15.1. The summed E-state index contributed by atoms with van der Waals surface area (Å²) >= 11 is 0. The summed E-state index contributed by atoms with van der Waals surface area (Å²) in [6.07, 6.45) is -1.10. The van der Waals surface area contributed by atoms with Gasteiger partial charge in [-0.25, -0.2) is 0 Å². The minimum Gasteiger partial charge on any atom is -0.463 e. The third-order valence-electron chi connectivity index (χ3n) is 2.66. The van der Waals surface area contributed by atoms with Gasteiger partial charge in [0.05, 0.1) is 6.61 Å². The summed E-state index contributed by atoms with van der Waals surface area (Å²) in [6.45, 7) is 6.39. The van der Waals surface area contributed by atoms with Crippen molar-refractivity contribution in [2.24, 2.45) is 0 Å². The van der Waals surface area contributed by atoms with E-state index in [9.17, 15) is 9.59 Å². The van der Waals surface area contributed by atoms with E-state index in [0.717, 1.165) is 0 Å². The maximum atomic E-state index is 11.2. The molecule has 114 valence electrons. The number of carbonyl (C=O) groups excluding carboxylic acids is 2. The normalized spacial score (nSPS) is 28.9. The van der Waals surface area contributed by atoms with Crippen LogP contribution in [0.3, 0.4) is 0 Å². The first-order valence-electron chi connectivity index (χ1n) is 6.21. The molecule has 1 heterocycles. The van der Waals surface area contributed by atoms with E-state index in [4.69, 9.17) is 23.7 Å². The Morgan fingerprint density at radius 2 is 1.95 bits per heavy atom. The van der Waals surface area contributed by atoms with Crippen molar-refractivity contribution in [3.8, 4) is 0 Å². The summed E-state index contributed by atoms with van der Waals surface area (Å²) in [5.41, 5.74) is 0. The molecule has 1 aliphatic rings. The molecule has 0 aromatic carbocycles. The molecule has 0 aromatic heterocycles. The summed E-state index contributed by atoms with van der Waals surface area (Å²) in [4.78, 5) is 22.0. The lowest BCUT2D eigenvalue weighted by molar-refractivity contribution is -0.180. The van der Waals surface area contributed by atoms with Crippen LogP contribution in [-0.4, -0.2) is 56.9 Å². The predicted octanol–water partition coefficient (Wildman–Crippen LogP) is 0.424. The van der Waals surface area contributed by atoms with Crippen molar-refractivity contribution in [3.05, 3.63) is 12.7 Å². The van der Waals surface area contributed by atoms with Gasteiger partial charge in [-0.2, -0.15) is 0 Å². The van der Waals surface area contributed by atoms with Crippen LogP contribution in [0.4, 0.5) is 0 Å². The Hall–Kier alpha value is -1.44. The zero-order valence-electron chi connectivity index (χ0n) is 11.9. The molecular formula is C13H20O7. The van der Waals surface area contributed by atoms with Gasteiger partial charge in [0, 0.05) is 21.0 Å². The van der Waals surface area contributed by atoms with E-state index in [1.807, 2.05) is 0 Å². The molecule has 0 unspecified atom stereocenters. The molecule has 0 aliphatic carbocycles. The van der Waals surface area contributed by atoms with Gasteiger partial charge in [0.2, 0.25) is 0 Å². The lowest BCUT2D eigenvalue weighted by Gasteiger charge is -2.22. The maximum Gasteiger partial charge on any atom is 0.303 e. The number of rotatable bonds is 7. The van der Waals surface area contributed by atoms with Crippen molar-refractivity contribution in [2.45, 2.75) is 38.4 Å². The minimum atomic E-state index is -0.769. The van der Waals surface area contributed by atoms with Crippen LogP contribution in [0.15, 0.2) is 12.7 Å². The van der Waals surface area contributed by atoms with Crippen LogP contribution in [-0.2, 0) is 33.3 Å². The second-order valence-electron chi connectivity index (χ2n) is 4.24. The summed E-state index contributed by atoms with van der Waals surface area (Å²) in [7, 11) is 1.43. The highest BCUT2D eigenvalue weighted by Crippen LogP contribution is 2.27. The molecule has 7 heteroatoms. The molecule has 0 amide bonds. The van der Waals surface area contributed by atoms with Crippen molar-refractivity contribution < 1.29 is 33.3 Å². The number of esters is 2. The van der Waals surface area contributed by atoms with Crippen molar-refractivity contribution in [1.29, 1.82) is 0 Å². The molecule has 1 aliphatic heterocycles. The average molecular weight is 288 g/mol. The molecule has 0 spiro atoms. The quantitative estimate of drug-likeness (QED) is 0.496. The van der Waals surface area contributed by atoms with Crippen LogP contribution in [0.2, 0.25) is 0 Å². The van der Waals surface area contributed by atoms with Gasteiger partial charge in [-0.15, -0.1) is 6.58 Å².